The number of hydrogen-bond acceptors (Lipinski definition) is 3. The summed E-state index contributed by atoms with van der Waals surface area (Å²) in [5.74, 6) is 4.58. The number of aromatic nitrogens is 2. The SMILES string of the molecule is Cn1cncc1C#CC(=O)OC(C)(C)C. The molecule has 1 aromatic rings. The minimum atomic E-state index is -0.524. The van der Waals surface area contributed by atoms with Gasteiger partial charge in [0.1, 0.15) is 11.3 Å². The second-order valence-electron chi connectivity index (χ2n) is 4.14. The highest BCUT2D eigenvalue weighted by molar-refractivity contribution is 5.89. The summed E-state index contributed by atoms with van der Waals surface area (Å²) in [7, 11) is 1.81. The highest BCUT2D eigenvalue weighted by atomic mass is 16.6. The molecule has 80 valence electrons. The third-order valence-corrected chi connectivity index (χ3v) is 1.51. The smallest absolute Gasteiger partial charge is 0.385 e. The van der Waals surface area contributed by atoms with Crippen molar-refractivity contribution in [3.05, 3.63) is 18.2 Å². The van der Waals surface area contributed by atoms with E-state index >= 15 is 0 Å². The minimum absolute atomic E-state index is 0.502. The zero-order valence-corrected chi connectivity index (χ0v) is 9.37. The lowest BCUT2D eigenvalue weighted by Crippen LogP contribution is -2.22. The zero-order chi connectivity index (χ0) is 11.5. The van der Waals surface area contributed by atoms with Gasteiger partial charge in [0.2, 0.25) is 0 Å². The van der Waals surface area contributed by atoms with Gasteiger partial charge < -0.3 is 9.30 Å². The van der Waals surface area contributed by atoms with Crippen LogP contribution in [0.25, 0.3) is 0 Å². The topological polar surface area (TPSA) is 44.1 Å². The van der Waals surface area contributed by atoms with Crippen molar-refractivity contribution in [3.8, 4) is 11.8 Å². The molecule has 0 aromatic carbocycles. The van der Waals surface area contributed by atoms with Crippen molar-refractivity contribution < 1.29 is 9.53 Å². The molecule has 0 saturated heterocycles. The molecule has 0 amide bonds. The average Bonchev–Trinajstić information content (AvgIpc) is 2.44. The van der Waals surface area contributed by atoms with Gasteiger partial charge in [0, 0.05) is 13.0 Å². The summed E-state index contributed by atoms with van der Waals surface area (Å²) in [5, 5.41) is 0. The normalized spacial score (nSPS) is 10.4. The van der Waals surface area contributed by atoms with Gasteiger partial charge in [-0.05, 0) is 26.7 Å². The van der Waals surface area contributed by atoms with Crippen molar-refractivity contribution in [2.45, 2.75) is 26.4 Å². The van der Waals surface area contributed by atoms with Crippen LogP contribution in [0.2, 0.25) is 0 Å². The first-order valence-corrected chi connectivity index (χ1v) is 4.60. The maximum absolute atomic E-state index is 11.2. The molecule has 0 aliphatic carbocycles. The van der Waals surface area contributed by atoms with E-state index in [1.807, 2.05) is 7.05 Å². The Morgan fingerprint density at radius 3 is 2.67 bits per heavy atom. The Kier molecular flexibility index (Phi) is 3.15. The number of nitrogens with zero attached hydrogens (tertiary/aromatic N) is 2. The fourth-order valence-electron chi connectivity index (χ4n) is 0.896. The Labute approximate surface area is 89.3 Å². The van der Waals surface area contributed by atoms with E-state index in [9.17, 15) is 4.79 Å². The first-order chi connectivity index (χ1) is 6.88. The van der Waals surface area contributed by atoms with Crippen LogP contribution in [0.15, 0.2) is 12.5 Å². The summed E-state index contributed by atoms with van der Waals surface area (Å²) in [6.07, 6.45) is 3.22. The second kappa shape index (κ2) is 4.18. The highest BCUT2D eigenvalue weighted by Crippen LogP contribution is 2.06. The van der Waals surface area contributed by atoms with E-state index in [0.717, 1.165) is 0 Å². The van der Waals surface area contributed by atoms with Crippen molar-refractivity contribution in [2.75, 3.05) is 0 Å². The molecule has 0 bridgehead atoms. The first kappa shape index (κ1) is 11.3. The monoisotopic (exact) mass is 206 g/mol. The molecule has 0 aliphatic rings. The molecular formula is C11H14N2O2. The van der Waals surface area contributed by atoms with E-state index in [-0.39, 0.29) is 0 Å². The lowest BCUT2D eigenvalue weighted by atomic mass is 10.2. The predicted molar refractivity (Wildman–Crippen MR) is 55.9 cm³/mol. The summed E-state index contributed by atoms with van der Waals surface area (Å²) >= 11 is 0. The fourth-order valence-corrected chi connectivity index (χ4v) is 0.896. The van der Waals surface area contributed by atoms with Crippen LogP contribution in [0.5, 0.6) is 0 Å². The lowest BCUT2D eigenvalue weighted by Gasteiger charge is -2.16. The summed E-state index contributed by atoms with van der Waals surface area (Å²) < 4.78 is 6.77. The highest BCUT2D eigenvalue weighted by Gasteiger charge is 2.14. The number of aryl methyl sites for hydroxylation is 1. The first-order valence-electron chi connectivity index (χ1n) is 4.60. The number of esters is 1. The molecule has 0 radical (unpaired) electrons. The van der Waals surface area contributed by atoms with Crippen LogP contribution in [0.4, 0.5) is 0 Å². The van der Waals surface area contributed by atoms with E-state index in [0.29, 0.717) is 5.69 Å². The second-order valence-corrected chi connectivity index (χ2v) is 4.14. The van der Waals surface area contributed by atoms with Crippen molar-refractivity contribution in [2.24, 2.45) is 7.05 Å². The van der Waals surface area contributed by atoms with Crippen LogP contribution in [0.3, 0.4) is 0 Å². The number of carbonyl (C=O) groups is 1. The van der Waals surface area contributed by atoms with Gasteiger partial charge in [0.15, 0.2) is 0 Å². The molecule has 0 spiro atoms. The molecule has 1 rings (SSSR count). The van der Waals surface area contributed by atoms with E-state index < -0.39 is 11.6 Å². The molecule has 0 unspecified atom stereocenters. The van der Waals surface area contributed by atoms with Crippen molar-refractivity contribution in [1.82, 2.24) is 9.55 Å². The molecule has 1 heterocycles. The van der Waals surface area contributed by atoms with Gasteiger partial charge in [-0.15, -0.1) is 0 Å². The standard InChI is InChI=1S/C11H14N2O2/c1-11(2,3)15-10(14)6-5-9-7-12-8-13(9)4/h7-8H,1-4H3. The van der Waals surface area contributed by atoms with Crippen LogP contribution < -0.4 is 0 Å². The van der Waals surface area contributed by atoms with Crippen LogP contribution in [-0.2, 0) is 16.6 Å². The Morgan fingerprint density at radius 1 is 1.53 bits per heavy atom. The Bertz CT molecular complexity index is 416. The van der Waals surface area contributed by atoms with Gasteiger partial charge in [0.25, 0.3) is 0 Å². The van der Waals surface area contributed by atoms with Gasteiger partial charge in [-0.25, -0.2) is 9.78 Å². The van der Waals surface area contributed by atoms with Gasteiger partial charge in [-0.2, -0.15) is 0 Å². The van der Waals surface area contributed by atoms with Crippen LogP contribution in [0.1, 0.15) is 26.5 Å². The van der Waals surface area contributed by atoms with E-state index in [1.54, 1.807) is 37.9 Å². The number of rotatable bonds is 0. The maximum atomic E-state index is 11.2. The van der Waals surface area contributed by atoms with Crippen LogP contribution in [-0.4, -0.2) is 21.1 Å². The number of carbonyl (C=O) groups excluding carboxylic acids is 1. The Balaban J connectivity index is 2.67. The Hall–Kier alpha value is -1.76. The number of imidazole rings is 1. The lowest BCUT2D eigenvalue weighted by molar-refractivity contribution is -0.147. The summed E-state index contributed by atoms with van der Waals surface area (Å²) in [5.41, 5.74) is 0.180. The zero-order valence-electron chi connectivity index (χ0n) is 9.37. The summed E-state index contributed by atoms with van der Waals surface area (Å²) in [6, 6.07) is 0. The van der Waals surface area contributed by atoms with Crippen LogP contribution in [0, 0.1) is 11.8 Å². The van der Waals surface area contributed by atoms with E-state index in [1.165, 1.54) is 0 Å². The third-order valence-electron chi connectivity index (χ3n) is 1.51. The van der Waals surface area contributed by atoms with Gasteiger partial charge in [-0.3, -0.25) is 0 Å². The van der Waals surface area contributed by atoms with Gasteiger partial charge >= 0.3 is 5.97 Å². The number of hydrogen-bond donors (Lipinski definition) is 0. The van der Waals surface area contributed by atoms with Gasteiger partial charge in [0.05, 0.1) is 12.5 Å². The molecule has 4 heteroatoms. The summed E-state index contributed by atoms with van der Waals surface area (Å²) in [6.45, 7) is 5.41. The van der Waals surface area contributed by atoms with E-state index in [4.69, 9.17) is 4.74 Å². The van der Waals surface area contributed by atoms with Crippen molar-refractivity contribution >= 4 is 5.97 Å². The number of ether oxygens (including phenoxy) is 1. The molecule has 15 heavy (non-hydrogen) atoms. The van der Waals surface area contributed by atoms with Crippen molar-refractivity contribution in [3.63, 3.8) is 0 Å². The molecule has 0 fully saturated rings. The quantitative estimate of drug-likeness (QED) is 0.472. The molecule has 0 atom stereocenters. The predicted octanol–water partition coefficient (Wildman–Crippen LogP) is 1.11. The van der Waals surface area contributed by atoms with Gasteiger partial charge in [-0.1, -0.05) is 0 Å². The largest absolute Gasteiger partial charge is 0.450 e. The van der Waals surface area contributed by atoms with Crippen LogP contribution >= 0.6 is 0 Å². The molecule has 1 aromatic heterocycles. The van der Waals surface area contributed by atoms with Crippen molar-refractivity contribution in [1.29, 1.82) is 0 Å². The molecule has 0 aliphatic heterocycles. The molecular weight excluding hydrogens is 192 g/mol. The molecule has 0 N–H and O–H groups in total. The van der Waals surface area contributed by atoms with E-state index in [2.05, 4.69) is 16.8 Å². The fraction of sp³-hybridized carbons (Fsp3) is 0.455. The molecule has 0 saturated carbocycles. The molecule has 4 nitrogen and oxygen atoms in total. The minimum Gasteiger partial charge on any atom is -0.450 e. The summed E-state index contributed by atoms with van der Waals surface area (Å²) in [4.78, 5) is 15.1. The Morgan fingerprint density at radius 2 is 2.20 bits per heavy atom. The third kappa shape index (κ3) is 3.86. The average molecular weight is 206 g/mol. The maximum Gasteiger partial charge on any atom is 0.385 e.